The lowest BCUT2D eigenvalue weighted by Crippen LogP contribution is -2.35. The molecule has 0 bridgehead atoms. The van der Waals surface area contributed by atoms with Crippen LogP contribution in [0.15, 0.2) is 28.8 Å². The maximum Gasteiger partial charge on any atom is 0.315 e. The van der Waals surface area contributed by atoms with E-state index in [0.29, 0.717) is 29.7 Å². The zero-order chi connectivity index (χ0) is 17.6. The molecule has 2 N–H and O–H groups in total. The van der Waals surface area contributed by atoms with Crippen molar-refractivity contribution in [1.29, 1.82) is 0 Å². The van der Waals surface area contributed by atoms with E-state index in [0.717, 1.165) is 12.8 Å². The largest absolute Gasteiger partial charge is 0.493 e. The Kier molecular flexibility index (Phi) is 5.27. The van der Waals surface area contributed by atoms with Crippen molar-refractivity contribution in [2.24, 2.45) is 0 Å². The van der Waals surface area contributed by atoms with E-state index in [1.165, 1.54) is 0 Å². The Bertz CT molecular complexity index is 755. The minimum atomic E-state index is -0.441. The average Bonchev–Trinajstić information content (AvgIpc) is 3.36. The van der Waals surface area contributed by atoms with Gasteiger partial charge in [0.05, 0.1) is 12.2 Å². The first-order valence-corrected chi connectivity index (χ1v) is 8.31. The zero-order valence-corrected chi connectivity index (χ0v) is 13.9. The molecule has 0 spiro atoms. The van der Waals surface area contributed by atoms with Crippen molar-refractivity contribution in [3.05, 3.63) is 41.5 Å². The van der Waals surface area contributed by atoms with E-state index in [9.17, 15) is 9.59 Å². The van der Waals surface area contributed by atoms with Gasteiger partial charge in [0.2, 0.25) is 0 Å². The van der Waals surface area contributed by atoms with Gasteiger partial charge in [-0.05, 0) is 31.9 Å². The maximum absolute atomic E-state index is 12.2. The van der Waals surface area contributed by atoms with Crippen molar-refractivity contribution >= 4 is 11.8 Å². The van der Waals surface area contributed by atoms with Crippen LogP contribution >= 0.6 is 0 Å². The van der Waals surface area contributed by atoms with Gasteiger partial charge in [0.15, 0.2) is 5.82 Å². The van der Waals surface area contributed by atoms with Crippen LogP contribution in [0.4, 0.5) is 0 Å². The Morgan fingerprint density at radius 2 is 1.92 bits per heavy atom. The fraction of sp³-hybridized carbons (Fsp3) is 0.412. The van der Waals surface area contributed by atoms with Crippen LogP contribution in [0.3, 0.4) is 0 Å². The summed E-state index contributed by atoms with van der Waals surface area (Å²) in [6.45, 7) is 2.86. The molecule has 0 unspecified atom stereocenters. The van der Waals surface area contributed by atoms with Crippen LogP contribution in [0, 0.1) is 0 Å². The molecule has 0 atom stereocenters. The third kappa shape index (κ3) is 4.34. The minimum Gasteiger partial charge on any atom is -0.493 e. The predicted octanol–water partition coefficient (Wildman–Crippen LogP) is 1.51. The standard InChI is InChI=1S/C17H20N4O4/c1-2-24-13-6-4-3-5-12(13)15(22)18-9-10-19-16(23)17-20-14(21-25-17)11-7-8-11/h3-6,11H,2,7-10H2,1H3,(H,18,22)(H,19,23). The molecule has 1 saturated carbocycles. The lowest BCUT2D eigenvalue weighted by atomic mass is 10.2. The molecule has 0 saturated heterocycles. The second kappa shape index (κ2) is 7.78. The molecule has 1 aliphatic carbocycles. The summed E-state index contributed by atoms with van der Waals surface area (Å²) in [7, 11) is 0. The molecular formula is C17H20N4O4. The van der Waals surface area contributed by atoms with E-state index in [1.54, 1.807) is 18.2 Å². The van der Waals surface area contributed by atoms with E-state index in [4.69, 9.17) is 9.26 Å². The summed E-state index contributed by atoms with van der Waals surface area (Å²) in [5.41, 5.74) is 0.460. The molecule has 8 nitrogen and oxygen atoms in total. The molecule has 0 radical (unpaired) electrons. The van der Waals surface area contributed by atoms with Crippen molar-refractivity contribution in [1.82, 2.24) is 20.8 Å². The molecule has 1 heterocycles. The van der Waals surface area contributed by atoms with Gasteiger partial charge >= 0.3 is 11.8 Å². The first-order valence-electron chi connectivity index (χ1n) is 8.31. The van der Waals surface area contributed by atoms with Crippen LogP contribution in [-0.4, -0.2) is 41.7 Å². The lowest BCUT2D eigenvalue weighted by molar-refractivity contribution is 0.0897. The Morgan fingerprint density at radius 1 is 1.20 bits per heavy atom. The van der Waals surface area contributed by atoms with Gasteiger partial charge in [-0.15, -0.1) is 0 Å². The lowest BCUT2D eigenvalue weighted by Gasteiger charge is -2.10. The van der Waals surface area contributed by atoms with Gasteiger partial charge in [0.1, 0.15) is 5.75 Å². The van der Waals surface area contributed by atoms with Crippen LogP contribution < -0.4 is 15.4 Å². The molecule has 2 amide bonds. The molecule has 0 aliphatic heterocycles. The van der Waals surface area contributed by atoms with Gasteiger partial charge in [-0.1, -0.05) is 17.3 Å². The molecule has 3 rings (SSSR count). The molecule has 25 heavy (non-hydrogen) atoms. The number of rotatable bonds is 8. The Morgan fingerprint density at radius 3 is 2.64 bits per heavy atom. The summed E-state index contributed by atoms with van der Waals surface area (Å²) < 4.78 is 10.4. The summed E-state index contributed by atoms with van der Waals surface area (Å²) >= 11 is 0. The van der Waals surface area contributed by atoms with Crippen LogP contribution in [0.5, 0.6) is 5.75 Å². The van der Waals surface area contributed by atoms with Crippen molar-refractivity contribution in [3.63, 3.8) is 0 Å². The highest BCUT2D eigenvalue weighted by Crippen LogP contribution is 2.38. The molecule has 1 aromatic heterocycles. The fourth-order valence-electron chi connectivity index (χ4n) is 2.29. The Balaban J connectivity index is 1.44. The maximum atomic E-state index is 12.2. The number of amides is 2. The van der Waals surface area contributed by atoms with Crippen LogP contribution in [0.1, 0.15) is 52.6 Å². The normalized spacial score (nSPS) is 13.3. The summed E-state index contributed by atoms with van der Waals surface area (Å²) in [6.07, 6.45) is 2.08. The fourth-order valence-corrected chi connectivity index (χ4v) is 2.29. The van der Waals surface area contributed by atoms with E-state index >= 15 is 0 Å². The van der Waals surface area contributed by atoms with E-state index in [1.807, 2.05) is 13.0 Å². The van der Waals surface area contributed by atoms with Crippen molar-refractivity contribution in [2.45, 2.75) is 25.7 Å². The zero-order valence-electron chi connectivity index (χ0n) is 13.9. The number of para-hydroxylation sites is 1. The predicted molar refractivity (Wildman–Crippen MR) is 88.6 cm³/mol. The van der Waals surface area contributed by atoms with Gasteiger partial charge in [0, 0.05) is 19.0 Å². The van der Waals surface area contributed by atoms with Gasteiger partial charge in [-0.25, -0.2) is 0 Å². The van der Waals surface area contributed by atoms with Gasteiger partial charge in [-0.3, -0.25) is 9.59 Å². The van der Waals surface area contributed by atoms with E-state index in [2.05, 4.69) is 20.8 Å². The smallest absolute Gasteiger partial charge is 0.315 e. The number of benzene rings is 1. The van der Waals surface area contributed by atoms with E-state index < -0.39 is 5.91 Å². The summed E-state index contributed by atoms with van der Waals surface area (Å²) in [5, 5.41) is 9.17. The number of hydrogen-bond acceptors (Lipinski definition) is 6. The molecule has 132 valence electrons. The molecule has 1 aliphatic rings. The first-order chi connectivity index (χ1) is 12.2. The number of nitrogens with one attached hydrogen (secondary N) is 2. The average molecular weight is 344 g/mol. The molecular weight excluding hydrogens is 324 g/mol. The second-order valence-electron chi connectivity index (χ2n) is 5.67. The number of ether oxygens (including phenoxy) is 1. The van der Waals surface area contributed by atoms with Crippen molar-refractivity contribution < 1.29 is 18.8 Å². The van der Waals surface area contributed by atoms with Crippen molar-refractivity contribution in [2.75, 3.05) is 19.7 Å². The van der Waals surface area contributed by atoms with E-state index in [-0.39, 0.29) is 24.9 Å². The van der Waals surface area contributed by atoms with Crippen LogP contribution in [0.2, 0.25) is 0 Å². The highest BCUT2D eigenvalue weighted by molar-refractivity contribution is 5.97. The molecule has 2 aromatic rings. The molecule has 1 aromatic carbocycles. The van der Waals surface area contributed by atoms with Gasteiger partial charge < -0.3 is 19.9 Å². The highest BCUT2D eigenvalue weighted by Gasteiger charge is 2.29. The second-order valence-corrected chi connectivity index (χ2v) is 5.67. The third-order valence-electron chi connectivity index (χ3n) is 3.71. The Labute approximate surface area is 144 Å². The number of carbonyl (C=O) groups is 2. The third-order valence-corrected chi connectivity index (χ3v) is 3.71. The molecule has 1 fully saturated rings. The summed E-state index contributed by atoms with van der Waals surface area (Å²) in [5.74, 6) is 0.705. The number of carbonyl (C=O) groups excluding carboxylic acids is 2. The Hall–Kier alpha value is -2.90. The van der Waals surface area contributed by atoms with Gasteiger partial charge in [-0.2, -0.15) is 4.98 Å². The van der Waals surface area contributed by atoms with Crippen LogP contribution in [0.25, 0.3) is 0 Å². The SMILES string of the molecule is CCOc1ccccc1C(=O)NCCNC(=O)c1nc(C2CC2)no1. The number of aromatic nitrogens is 2. The monoisotopic (exact) mass is 344 g/mol. The topological polar surface area (TPSA) is 106 Å². The molecule has 8 heteroatoms. The summed E-state index contributed by atoms with van der Waals surface area (Å²) in [4.78, 5) is 28.2. The van der Waals surface area contributed by atoms with Crippen molar-refractivity contribution in [3.8, 4) is 5.75 Å². The first kappa shape index (κ1) is 16.9. The summed E-state index contributed by atoms with van der Waals surface area (Å²) in [6, 6.07) is 7.01. The minimum absolute atomic E-state index is 0.0464. The number of hydrogen-bond donors (Lipinski definition) is 2. The number of nitrogens with zero attached hydrogens (tertiary/aromatic N) is 2. The quantitative estimate of drug-likeness (QED) is 0.703. The van der Waals surface area contributed by atoms with Gasteiger partial charge in [0.25, 0.3) is 5.91 Å². The van der Waals surface area contributed by atoms with Crippen LogP contribution in [-0.2, 0) is 0 Å². The highest BCUT2D eigenvalue weighted by atomic mass is 16.5.